The molecule has 0 atom stereocenters. The lowest BCUT2D eigenvalue weighted by molar-refractivity contribution is 0.0744. The molecule has 0 aliphatic heterocycles. The highest BCUT2D eigenvalue weighted by atomic mass is 35.5. The number of methoxy groups -OCH3 is 2. The molecule has 0 radical (unpaired) electrons. The Hall–Kier alpha value is -2.04. The maximum atomic E-state index is 12.5. The summed E-state index contributed by atoms with van der Waals surface area (Å²) in [5.41, 5.74) is 2.35. The maximum absolute atomic E-state index is 12.5. The minimum absolute atomic E-state index is 0.0510. The summed E-state index contributed by atoms with van der Waals surface area (Å²) in [6.45, 7) is 1.05. The number of ether oxygens (including phenoxy) is 2. The predicted molar refractivity (Wildman–Crippen MR) is 92.3 cm³/mol. The molecule has 0 unspecified atom stereocenters. The van der Waals surface area contributed by atoms with E-state index >= 15 is 0 Å². The van der Waals surface area contributed by atoms with Gasteiger partial charge in [0.1, 0.15) is 5.75 Å². The number of benzene rings is 2. The summed E-state index contributed by atoms with van der Waals surface area (Å²) >= 11 is 6.09. The molecule has 0 aliphatic rings. The van der Waals surface area contributed by atoms with Gasteiger partial charge in [-0.2, -0.15) is 0 Å². The fourth-order valence-electron chi connectivity index (χ4n) is 2.28. The van der Waals surface area contributed by atoms with Crippen LogP contribution in [-0.4, -0.2) is 45.2 Å². The molecule has 2 aromatic carbocycles. The van der Waals surface area contributed by atoms with Gasteiger partial charge >= 0.3 is 0 Å². The number of hydrogen-bond acceptors (Lipinski definition) is 3. The van der Waals surface area contributed by atoms with Gasteiger partial charge < -0.3 is 14.4 Å². The number of halogens is 1. The Bertz CT molecular complexity index is 688. The smallest absolute Gasteiger partial charge is 0.253 e. The third-order valence-electron chi connectivity index (χ3n) is 3.56. The fraction of sp³-hybridized carbons (Fsp3) is 0.278. The number of likely N-dealkylation sites (N-methyl/N-ethyl adjacent to an activating group) is 1. The molecule has 1 amide bonds. The van der Waals surface area contributed by atoms with Crippen LogP contribution in [0.25, 0.3) is 11.1 Å². The Morgan fingerprint density at radius 3 is 2.65 bits per heavy atom. The largest absolute Gasteiger partial charge is 0.496 e. The first-order chi connectivity index (χ1) is 11.1. The van der Waals surface area contributed by atoms with Crippen molar-refractivity contribution in [1.29, 1.82) is 0 Å². The van der Waals surface area contributed by atoms with Crippen LogP contribution in [0.2, 0.25) is 5.02 Å². The average Bonchev–Trinajstić information content (AvgIpc) is 2.59. The number of hydrogen-bond donors (Lipinski definition) is 0. The fourth-order valence-corrected chi connectivity index (χ4v) is 2.45. The van der Waals surface area contributed by atoms with E-state index in [1.54, 1.807) is 38.3 Å². The molecular weight excluding hydrogens is 314 g/mol. The highest BCUT2D eigenvalue weighted by Gasteiger charge is 2.13. The summed E-state index contributed by atoms with van der Waals surface area (Å²) in [5.74, 6) is 0.664. The monoisotopic (exact) mass is 333 g/mol. The Kier molecular flexibility index (Phi) is 6.02. The standard InChI is InChI=1S/C18H20ClNO3/c1-20(9-10-22-2)18(21)14-6-4-5-13(11-14)16-12-15(19)7-8-17(16)23-3/h4-8,11-12H,9-10H2,1-3H3. The van der Waals surface area contributed by atoms with Crippen LogP contribution in [-0.2, 0) is 4.74 Å². The number of carbonyl (C=O) groups is 1. The third-order valence-corrected chi connectivity index (χ3v) is 3.79. The van der Waals surface area contributed by atoms with Crippen molar-refractivity contribution in [3.8, 4) is 16.9 Å². The van der Waals surface area contributed by atoms with Crippen molar-refractivity contribution in [3.63, 3.8) is 0 Å². The third kappa shape index (κ3) is 4.24. The zero-order valence-corrected chi connectivity index (χ0v) is 14.3. The van der Waals surface area contributed by atoms with E-state index in [-0.39, 0.29) is 5.91 Å². The van der Waals surface area contributed by atoms with Crippen molar-refractivity contribution < 1.29 is 14.3 Å². The number of nitrogens with zero attached hydrogens (tertiary/aromatic N) is 1. The number of rotatable bonds is 6. The average molecular weight is 334 g/mol. The molecule has 2 aromatic rings. The van der Waals surface area contributed by atoms with E-state index < -0.39 is 0 Å². The first kappa shape index (κ1) is 17.3. The van der Waals surface area contributed by atoms with Crippen molar-refractivity contribution in [3.05, 3.63) is 53.1 Å². The molecule has 0 spiro atoms. The van der Waals surface area contributed by atoms with E-state index in [1.807, 2.05) is 30.3 Å². The quantitative estimate of drug-likeness (QED) is 0.808. The minimum Gasteiger partial charge on any atom is -0.496 e. The highest BCUT2D eigenvalue weighted by Crippen LogP contribution is 2.32. The van der Waals surface area contributed by atoms with Gasteiger partial charge in [-0.25, -0.2) is 0 Å². The minimum atomic E-state index is -0.0510. The van der Waals surface area contributed by atoms with E-state index in [4.69, 9.17) is 21.1 Å². The van der Waals surface area contributed by atoms with E-state index in [0.717, 1.165) is 11.1 Å². The summed E-state index contributed by atoms with van der Waals surface area (Å²) in [7, 11) is 4.98. The molecule has 0 fully saturated rings. The number of carbonyl (C=O) groups excluding carboxylic acids is 1. The lowest BCUT2D eigenvalue weighted by atomic mass is 10.0. The summed E-state index contributed by atoms with van der Waals surface area (Å²) in [6.07, 6.45) is 0. The van der Waals surface area contributed by atoms with Gasteiger partial charge in [-0.3, -0.25) is 4.79 Å². The second-order valence-corrected chi connectivity index (χ2v) is 5.58. The molecule has 0 saturated heterocycles. The van der Waals surface area contributed by atoms with E-state index in [0.29, 0.717) is 29.5 Å². The van der Waals surface area contributed by atoms with Gasteiger partial charge in [0.2, 0.25) is 0 Å². The van der Waals surface area contributed by atoms with Crippen molar-refractivity contribution in [2.45, 2.75) is 0 Å². The Morgan fingerprint density at radius 2 is 1.96 bits per heavy atom. The van der Waals surface area contributed by atoms with Crippen LogP contribution in [0.15, 0.2) is 42.5 Å². The highest BCUT2D eigenvalue weighted by molar-refractivity contribution is 6.31. The summed E-state index contributed by atoms with van der Waals surface area (Å²) < 4.78 is 10.4. The van der Waals surface area contributed by atoms with Crippen LogP contribution < -0.4 is 4.74 Å². The molecule has 23 heavy (non-hydrogen) atoms. The molecular formula is C18H20ClNO3. The molecule has 4 nitrogen and oxygen atoms in total. The van der Waals surface area contributed by atoms with E-state index in [9.17, 15) is 4.79 Å². The van der Waals surface area contributed by atoms with Gasteiger partial charge in [0, 0.05) is 36.9 Å². The lowest BCUT2D eigenvalue weighted by Crippen LogP contribution is -2.29. The Morgan fingerprint density at radius 1 is 1.17 bits per heavy atom. The van der Waals surface area contributed by atoms with Gasteiger partial charge in [-0.1, -0.05) is 23.7 Å². The second kappa shape index (κ2) is 7.99. The van der Waals surface area contributed by atoms with Gasteiger partial charge in [0.15, 0.2) is 0 Å². The van der Waals surface area contributed by atoms with Crippen molar-refractivity contribution in [1.82, 2.24) is 4.90 Å². The van der Waals surface area contributed by atoms with Crippen molar-refractivity contribution in [2.24, 2.45) is 0 Å². The molecule has 0 aromatic heterocycles. The van der Waals surface area contributed by atoms with E-state index in [2.05, 4.69) is 0 Å². The van der Waals surface area contributed by atoms with Gasteiger partial charge in [-0.15, -0.1) is 0 Å². The van der Waals surface area contributed by atoms with Crippen LogP contribution in [0.4, 0.5) is 0 Å². The zero-order valence-electron chi connectivity index (χ0n) is 13.5. The summed E-state index contributed by atoms with van der Waals surface area (Å²) in [4.78, 5) is 14.1. The normalized spacial score (nSPS) is 10.4. The predicted octanol–water partition coefficient (Wildman–Crippen LogP) is 3.73. The van der Waals surface area contributed by atoms with Crippen LogP contribution >= 0.6 is 11.6 Å². The van der Waals surface area contributed by atoms with Crippen LogP contribution in [0.3, 0.4) is 0 Å². The van der Waals surface area contributed by atoms with Gasteiger partial charge in [-0.05, 0) is 35.9 Å². The maximum Gasteiger partial charge on any atom is 0.253 e. The van der Waals surface area contributed by atoms with Crippen LogP contribution in [0.5, 0.6) is 5.75 Å². The second-order valence-electron chi connectivity index (χ2n) is 5.14. The topological polar surface area (TPSA) is 38.8 Å². The zero-order chi connectivity index (χ0) is 16.8. The lowest BCUT2D eigenvalue weighted by Gasteiger charge is -2.17. The first-order valence-electron chi connectivity index (χ1n) is 7.25. The van der Waals surface area contributed by atoms with Crippen molar-refractivity contribution in [2.75, 3.05) is 34.4 Å². The molecule has 5 heteroatoms. The molecule has 0 N–H and O–H groups in total. The summed E-state index contributed by atoms with van der Waals surface area (Å²) in [5, 5.41) is 0.620. The molecule has 0 aliphatic carbocycles. The van der Waals surface area contributed by atoms with E-state index in [1.165, 1.54) is 0 Å². The Balaban J connectivity index is 2.33. The number of amides is 1. The SMILES string of the molecule is COCCN(C)C(=O)c1cccc(-c2cc(Cl)ccc2OC)c1. The summed E-state index contributed by atoms with van der Waals surface area (Å²) in [6, 6.07) is 12.9. The molecule has 122 valence electrons. The van der Waals surface area contributed by atoms with Crippen molar-refractivity contribution >= 4 is 17.5 Å². The molecule has 0 saturated carbocycles. The molecule has 0 heterocycles. The Labute approximate surface area is 141 Å². The first-order valence-corrected chi connectivity index (χ1v) is 7.63. The van der Waals surface area contributed by atoms with Crippen LogP contribution in [0.1, 0.15) is 10.4 Å². The van der Waals surface area contributed by atoms with Gasteiger partial charge in [0.25, 0.3) is 5.91 Å². The molecule has 0 bridgehead atoms. The van der Waals surface area contributed by atoms with Gasteiger partial charge in [0.05, 0.1) is 13.7 Å². The molecule has 2 rings (SSSR count). The van der Waals surface area contributed by atoms with Crippen LogP contribution in [0, 0.1) is 0 Å².